The van der Waals surface area contributed by atoms with E-state index in [4.69, 9.17) is 9.83 Å². The number of carbonyl (C=O) groups excluding carboxylic acids is 1. The van der Waals surface area contributed by atoms with E-state index >= 15 is 0 Å². The first kappa shape index (κ1) is 18.7. The molecule has 140 valence electrons. The summed E-state index contributed by atoms with van der Waals surface area (Å²) in [7, 11) is 0. The van der Waals surface area contributed by atoms with E-state index in [0.717, 1.165) is 35.3 Å². The van der Waals surface area contributed by atoms with Crippen LogP contribution >= 0.6 is 0 Å². The fourth-order valence-electron chi connectivity index (χ4n) is 3.32. The molecule has 2 N–H and O–H groups in total. The fourth-order valence-corrected chi connectivity index (χ4v) is 3.32. The van der Waals surface area contributed by atoms with E-state index < -0.39 is 0 Å². The van der Waals surface area contributed by atoms with Gasteiger partial charge in [-0.25, -0.2) is 0 Å². The summed E-state index contributed by atoms with van der Waals surface area (Å²) in [6.07, 6.45) is 0. The summed E-state index contributed by atoms with van der Waals surface area (Å²) >= 11 is 0. The second-order valence-electron chi connectivity index (χ2n) is 6.71. The number of anilines is 2. The molecule has 0 aliphatic carbocycles. The van der Waals surface area contributed by atoms with E-state index in [0.29, 0.717) is 11.3 Å². The first-order valence-corrected chi connectivity index (χ1v) is 9.18. The summed E-state index contributed by atoms with van der Waals surface area (Å²) < 4.78 is 5.66. The summed E-state index contributed by atoms with van der Waals surface area (Å²) in [6.45, 7) is 9.95. The van der Waals surface area contributed by atoms with Crippen molar-refractivity contribution in [1.82, 2.24) is 0 Å². The van der Waals surface area contributed by atoms with Gasteiger partial charge in [-0.15, -0.1) is 0 Å². The molecule has 0 spiro atoms. The minimum absolute atomic E-state index is 0.138. The Kier molecular flexibility index (Phi) is 5.31. The van der Waals surface area contributed by atoms with Crippen molar-refractivity contribution in [2.24, 2.45) is 0 Å². The number of carbonyl (C=O) groups is 1. The highest BCUT2D eigenvalue weighted by atomic mass is 16.3. The summed E-state index contributed by atoms with van der Waals surface area (Å²) in [4.78, 5) is 14.9. The Balaban J connectivity index is 1.95. The maximum atomic E-state index is 12.7. The van der Waals surface area contributed by atoms with E-state index in [1.807, 2.05) is 50.2 Å². The Morgan fingerprint density at radius 1 is 1.04 bits per heavy atom. The largest absolute Gasteiger partial charge is 0.438 e. The van der Waals surface area contributed by atoms with Crippen LogP contribution in [0.15, 0.2) is 46.9 Å². The normalized spacial score (nSPS) is 10.8. The van der Waals surface area contributed by atoms with Crippen molar-refractivity contribution in [3.05, 3.63) is 64.7 Å². The van der Waals surface area contributed by atoms with Crippen molar-refractivity contribution < 1.29 is 9.21 Å². The van der Waals surface area contributed by atoms with Crippen LogP contribution in [0.3, 0.4) is 0 Å². The molecule has 3 aromatic rings. The van der Waals surface area contributed by atoms with Crippen molar-refractivity contribution in [2.75, 3.05) is 23.3 Å². The number of nitrogens with zero attached hydrogens (tertiary/aromatic N) is 1. The predicted molar refractivity (Wildman–Crippen MR) is 109 cm³/mol. The van der Waals surface area contributed by atoms with E-state index in [9.17, 15) is 4.79 Å². The third-order valence-corrected chi connectivity index (χ3v) is 4.61. The van der Waals surface area contributed by atoms with E-state index in [-0.39, 0.29) is 17.0 Å². The van der Waals surface area contributed by atoms with Gasteiger partial charge in [-0.1, -0.05) is 6.07 Å². The van der Waals surface area contributed by atoms with Crippen molar-refractivity contribution >= 4 is 28.3 Å². The van der Waals surface area contributed by atoms with Crippen LogP contribution in [-0.2, 0) is 0 Å². The quantitative estimate of drug-likeness (QED) is 0.694. The third kappa shape index (κ3) is 4.03. The molecule has 0 aliphatic heterocycles. The smallest absolute Gasteiger partial charge is 0.261 e. The Labute approximate surface area is 159 Å². The van der Waals surface area contributed by atoms with Gasteiger partial charge in [0.2, 0.25) is 5.55 Å². The Bertz CT molecular complexity index is 1030. The van der Waals surface area contributed by atoms with Crippen LogP contribution in [0.25, 0.3) is 11.0 Å². The highest BCUT2D eigenvalue weighted by Gasteiger charge is 2.13. The minimum Gasteiger partial charge on any atom is -0.438 e. The third-order valence-electron chi connectivity index (χ3n) is 4.61. The standard InChI is InChI=1S/C22H25N3O2/c1-5-25(6-2)18-8-7-16-12-19(21(23)27-20(16)13-18)22(26)24-17-10-14(3)9-15(4)11-17/h7-13,23H,5-6H2,1-4H3,(H,24,26). The van der Waals surface area contributed by atoms with Crippen molar-refractivity contribution in [1.29, 1.82) is 5.41 Å². The molecule has 5 heteroatoms. The number of hydrogen-bond acceptors (Lipinski definition) is 4. The van der Waals surface area contributed by atoms with Gasteiger partial charge >= 0.3 is 0 Å². The fraction of sp³-hybridized carbons (Fsp3) is 0.273. The summed E-state index contributed by atoms with van der Waals surface area (Å²) in [6, 6.07) is 13.4. The lowest BCUT2D eigenvalue weighted by Crippen LogP contribution is -2.22. The van der Waals surface area contributed by atoms with Gasteiger partial charge in [-0.05, 0) is 69.2 Å². The van der Waals surface area contributed by atoms with Gasteiger partial charge in [0.15, 0.2) is 0 Å². The summed E-state index contributed by atoms with van der Waals surface area (Å²) in [5.41, 5.74) is 4.59. The number of amides is 1. The lowest BCUT2D eigenvalue weighted by Gasteiger charge is -2.21. The van der Waals surface area contributed by atoms with Gasteiger partial charge in [0, 0.05) is 35.9 Å². The second-order valence-corrected chi connectivity index (χ2v) is 6.71. The molecule has 0 fully saturated rings. The Hall–Kier alpha value is -3.08. The van der Waals surface area contributed by atoms with E-state index in [2.05, 4.69) is 24.1 Å². The molecule has 27 heavy (non-hydrogen) atoms. The van der Waals surface area contributed by atoms with Gasteiger partial charge in [-0.3, -0.25) is 10.2 Å². The van der Waals surface area contributed by atoms with Crippen LogP contribution in [0, 0.1) is 19.3 Å². The molecule has 0 unspecified atom stereocenters. The molecular weight excluding hydrogens is 338 g/mol. The van der Waals surface area contributed by atoms with Crippen LogP contribution in [0.5, 0.6) is 0 Å². The van der Waals surface area contributed by atoms with Gasteiger partial charge in [0.1, 0.15) is 11.1 Å². The second kappa shape index (κ2) is 7.66. The summed E-state index contributed by atoms with van der Waals surface area (Å²) in [5.74, 6) is -0.344. The van der Waals surface area contributed by atoms with E-state index in [1.165, 1.54) is 0 Å². The molecule has 0 bridgehead atoms. The number of benzene rings is 2. The van der Waals surface area contributed by atoms with Crippen molar-refractivity contribution in [2.45, 2.75) is 27.7 Å². The van der Waals surface area contributed by atoms with Crippen LogP contribution in [0.2, 0.25) is 0 Å². The van der Waals surface area contributed by atoms with Crippen LogP contribution in [-0.4, -0.2) is 19.0 Å². The SMILES string of the molecule is CCN(CC)c1ccc2cc(C(=O)Nc3cc(C)cc(C)c3)c(=N)oc2c1. The average Bonchev–Trinajstić information content (AvgIpc) is 2.61. The first-order chi connectivity index (χ1) is 12.9. The zero-order chi connectivity index (χ0) is 19.6. The molecule has 5 nitrogen and oxygen atoms in total. The zero-order valence-corrected chi connectivity index (χ0v) is 16.2. The molecule has 0 aliphatic rings. The molecule has 3 rings (SSSR count). The first-order valence-electron chi connectivity index (χ1n) is 9.18. The number of rotatable bonds is 5. The average molecular weight is 363 g/mol. The minimum atomic E-state index is -0.344. The lowest BCUT2D eigenvalue weighted by atomic mass is 10.1. The van der Waals surface area contributed by atoms with Gasteiger partial charge in [-0.2, -0.15) is 0 Å². The number of fused-ring (bicyclic) bond motifs is 1. The van der Waals surface area contributed by atoms with Crippen molar-refractivity contribution in [3.63, 3.8) is 0 Å². The van der Waals surface area contributed by atoms with Crippen LogP contribution in [0.1, 0.15) is 35.3 Å². The molecule has 1 aromatic heterocycles. The number of nitrogens with one attached hydrogen (secondary N) is 2. The topological polar surface area (TPSA) is 69.3 Å². The van der Waals surface area contributed by atoms with E-state index in [1.54, 1.807) is 6.07 Å². The van der Waals surface area contributed by atoms with Gasteiger partial charge in [0.25, 0.3) is 5.91 Å². The van der Waals surface area contributed by atoms with Crippen molar-refractivity contribution in [3.8, 4) is 0 Å². The number of aryl methyl sites for hydroxylation is 2. The molecule has 1 heterocycles. The lowest BCUT2D eigenvalue weighted by molar-refractivity contribution is 0.102. The Morgan fingerprint density at radius 3 is 2.33 bits per heavy atom. The molecule has 0 radical (unpaired) electrons. The van der Waals surface area contributed by atoms with Crippen LogP contribution < -0.4 is 15.8 Å². The molecule has 0 atom stereocenters. The molecule has 0 saturated carbocycles. The highest BCUT2D eigenvalue weighted by molar-refractivity contribution is 6.05. The Morgan fingerprint density at radius 2 is 1.70 bits per heavy atom. The molecule has 1 amide bonds. The predicted octanol–water partition coefficient (Wildman–Crippen LogP) is 4.63. The zero-order valence-electron chi connectivity index (χ0n) is 16.2. The van der Waals surface area contributed by atoms with Gasteiger partial charge in [0.05, 0.1) is 0 Å². The summed E-state index contributed by atoms with van der Waals surface area (Å²) in [5, 5.41) is 11.8. The molecule has 0 saturated heterocycles. The van der Waals surface area contributed by atoms with Crippen LogP contribution in [0.4, 0.5) is 11.4 Å². The maximum Gasteiger partial charge on any atom is 0.261 e. The monoisotopic (exact) mass is 363 g/mol. The molecule has 2 aromatic carbocycles. The maximum absolute atomic E-state index is 12.7. The number of hydrogen-bond donors (Lipinski definition) is 2. The highest BCUT2D eigenvalue weighted by Crippen LogP contribution is 2.22. The van der Waals surface area contributed by atoms with Gasteiger partial charge < -0.3 is 14.6 Å². The molecular formula is C22H25N3O2.